The third-order valence-corrected chi connectivity index (χ3v) is 7.26. The number of fused-ring (bicyclic) bond motifs is 1. The van der Waals surface area contributed by atoms with Crippen LogP contribution in [0, 0.1) is 0 Å². The number of rotatable bonds is 16. The minimum Gasteiger partial charge on any atom is -0.395 e. The van der Waals surface area contributed by atoms with E-state index in [9.17, 15) is 45.6 Å². The number of aliphatic hydroxyl groups excluding tert-OH is 8. The van der Waals surface area contributed by atoms with Crippen LogP contribution in [0.3, 0.4) is 0 Å². The van der Waals surface area contributed by atoms with Gasteiger partial charge in [-0.05, 0) is 12.1 Å². The first-order chi connectivity index (χ1) is 17.6. The number of aliphatic hydroxyl groups is 8. The van der Waals surface area contributed by atoms with Crippen LogP contribution in [0.4, 0.5) is 5.69 Å². The molecule has 37 heavy (non-hydrogen) atoms. The van der Waals surface area contributed by atoms with Crippen LogP contribution in [0.15, 0.2) is 18.2 Å². The Morgan fingerprint density at radius 1 is 0.946 bits per heavy atom. The molecule has 1 aromatic carbocycles. The second-order valence-electron chi connectivity index (χ2n) is 9.49. The molecule has 0 radical (unpaired) electrons. The fourth-order valence-electron chi connectivity index (χ4n) is 4.37. The van der Waals surface area contributed by atoms with Gasteiger partial charge < -0.3 is 50.9 Å². The Morgan fingerprint density at radius 2 is 1.49 bits per heavy atom. The van der Waals surface area contributed by atoms with E-state index in [2.05, 4.69) is 10.6 Å². The molecule has 1 aliphatic heterocycles. The minimum atomic E-state index is -1.62. The summed E-state index contributed by atoms with van der Waals surface area (Å²) < 4.78 is 7.29. The van der Waals surface area contributed by atoms with Gasteiger partial charge in [0, 0.05) is 37.6 Å². The van der Waals surface area contributed by atoms with Crippen LogP contribution in [0.25, 0.3) is 0 Å². The van der Waals surface area contributed by atoms with E-state index in [-0.39, 0.29) is 5.56 Å². The first-order valence-corrected chi connectivity index (χ1v) is 11.9. The molecule has 1 atom stereocenters. The van der Waals surface area contributed by atoms with Crippen LogP contribution in [-0.4, -0.2) is 141 Å². The monoisotopic (exact) mass is 530 g/mol. The molecule has 2 rings (SSSR count). The van der Waals surface area contributed by atoms with Crippen molar-refractivity contribution < 1.29 is 55.0 Å². The molecule has 0 saturated heterocycles. The summed E-state index contributed by atoms with van der Waals surface area (Å²) in [6, 6.07) is 4.67. The van der Waals surface area contributed by atoms with Gasteiger partial charge in [0.1, 0.15) is 17.2 Å². The maximum Gasteiger partial charge on any atom is 0.251 e. The topological polar surface area (TPSA) is 215 Å². The average Bonchev–Trinajstić information content (AvgIpc) is 3.18. The number of amides is 1. The van der Waals surface area contributed by atoms with Gasteiger partial charge in [-0.25, -0.2) is 0 Å². The lowest BCUT2D eigenvalue weighted by Gasteiger charge is -2.32. The molecule has 10 N–H and O–H groups in total. The summed E-state index contributed by atoms with van der Waals surface area (Å²) in [7, 11) is 1.44. The van der Waals surface area contributed by atoms with Crippen molar-refractivity contribution in [3.8, 4) is 0 Å². The molecule has 0 fully saturated rings. The van der Waals surface area contributed by atoms with Gasteiger partial charge in [0.05, 0.1) is 58.4 Å². The summed E-state index contributed by atoms with van der Waals surface area (Å²) in [6.45, 7) is -2.47. The highest BCUT2D eigenvalue weighted by Gasteiger charge is 2.50. The Bertz CT molecular complexity index is 926. The molecule has 1 aliphatic rings. The van der Waals surface area contributed by atoms with Gasteiger partial charge in [0.15, 0.2) is 12.3 Å². The maximum absolute atomic E-state index is 12.9. The Kier molecular flexibility index (Phi) is 11.1. The smallest absolute Gasteiger partial charge is 0.251 e. The lowest BCUT2D eigenvalue weighted by Crippen LogP contribution is -2.59. The quantitative estimate of drug-likeness (QED) is 0.0737. The number of ether oxygens (including phenoxy) is 1. The van der Waals surface area contributed by atoms with Gasteiger partial charge in [0.2, 0.25) is 5.69 Å². The molecule has 13 heteroatoms. The zero-order chi connectivity index (χ0) is 27.9. The van der Waals surface area contributed by atoms with E-state index in [4.69, 9.17) is 4.74 Å². The number of nitrogens with one attached hydrogen (secondary N) is 2. The molecule has 1 unspecified atom stereocenters. The summed E-state index contributed by atoms with van der Waals surface area (Å²) >= 11 is 0. The van der Waals surface area contributed by atoms with E-state index in [1.807, 2.05) is 4.58 Å². The number of nitrogens with zero attached hydrogens (tertiary/aromatic N) is 1. The number of benzene rings is 1. The fourth-order valence-corrected chi connectivity index (χ4v) is 4.37. The second-order valence-corrected chi connectivity index (χ2v) is 9.49. The molecule has 1 amide bonds. The molecule has 0 aliphatic carbocycles. The number of hydrogen-bond acceptors (Lipinski definition) is 11. The molecule has 0 bridgehead atoms. The first-order valence-electron chi connectivity index (χ1n) is 11.9. The molecular formula is C24H40N3O10+. The summed E-state index contributed by atoms with van der Waals surface area (Å²) in [5, 5.41) is 83.4. The van der Waals surface area contributed by atoms with E-state index in [1.165, 1.54) is 19.2 Å². The molecule has 0 spiro atoms. The molecule has 0 saturated carbocycles. The van der Waals surface area contributed by atoms with Crippen molar-refractivity contribution in [1.82, 2.24) is 10.6 Å². The van der Waals surface area contributed by atoms with Crippen molar-refractivity contribution in [2.75, 3.05) is 66.5 Å². The van der Waals surface area contributed by atoms with Crippen molar-refractivity contribution in [3.05, 3.63) is 29.3 Å². The predicted molar refractivity (Wildman–Crippen MR) is 132 cm³/mol. The Labute approximate surface area is 215 Å². The molecule has 0 aromatic heterocycles. The first kappa shape index (κ1) is 31.2. The standard InChI is InChI=1S/C24H39N3O10/c1-16-24(14-34,15-35)18-7-17(21(36)26-23(11-31,12-32)13-33)3-4-19(18)27(16)6-5-20(37-2)25-22(8-28,9-29)10-30/h3-4,7,20,25,28-35H,5-6,8-15H2,1-2H3/p+1. The molecular weight excluding hydrogens is 490 g/mol. The molecule has 1 aromatic rings. The average molecular weight is 531 g/mol. The highest BCUT2D eigenvalue weighted by atomic mass is 16.5. The Balaban J connectivity index is 2.39. The number of hydrogen-bond donors (Lipinski definition) is 10. The van der Waals surface area contributed by atoms with Gasteiger partial charge in [-0.2, -0.15) is 4.58 Å². The van der Waals surface area contributed by atoms with Crippen molar-refractivity contribution >= 4 is 17.3 Å². The lowest BCUT2D eigenvalue weighted by molar-refractivity contribution is -0.442. The van der Waals surface area contributed by atoms with Crippen LogP contribution in [-0.2, 0) is 10.2 Å². The SMILES string of the molecule is COC(CC[N+]1=C(C)C(CO)(CO)c2cc(C(=O)NC(CO)(CO)CO)ccc21)NC(CO)(CO)CO. The van der Waals surface area contributed by atoms with Crippen LogP contribution >= 0.6 is 0 Å². The highest BCUT2D eigenvalue weighted by Crippen LogP contribution is 2.40. The van der Waals surface area contributed by atoms with E-state index < -0.39 is 81.5 Å². The van der Waals surface area contributed by atoms with Crippen LogP contribution in [0.2, 0.25) is 0 Å². The zero-order valence-corrected chi connectivity index (χ0v) is 21.2. The van der Waals surface area contributed by atoms with Gasteiger partial charge in [0.25, 0.3) is 5.91 Å². The van der Waals surface area contributed by atoms with E-state index in [1.54, 1.807) is 13.0 Å². The molecule has 210 valence electrons. The van der Waals surface area contributed by atoms with E-state index >= 15 is 0 Å². The van der Waals surface area contributed by atoms with Crippen LogP contribution in [0.5, 0.6) is 0 Å². The van der Waals surface area contributed by atoms with E-state index in [0.717, 1.165) is 0 Å². The summed E-state index contributed by atoms with van der Waals surface area (Å²) in [4.78, 5) is 12.9. The fraction of sp³-hybridized carbons (Fsp3) is 0.667. The molecule has 1 heterocycles. The normalized spacial score (nSPS) is 16.2. The van der Waals surface area contributed by atoms with Crippen LogP contribution < -0.4 is 10.6 Å². The second kappa shape index (κ2) is 13.2. The third-order valence-electron chi connectivity index (χ3n) is 7.26. The van der Waals surface area contributed by atoms with Crippen molar-refractivity contribution in [1.29, 1.82) is 0 Å². The van der Waals surface area contributed by atoms with Gasteiger partial charge in [-0.15, -0.1) is 0 Å². The maximum atomic E-state index is 12.9. The zero-order valence-electron chi connectivity index (χ0n) is 21.2. The van der Waals surface area contributed by atoms with Crippen molar-refractivity contribution in [2.45, 2.75) is 36.1 Å². The van der Waals surface area contributed by atoms with Gasteiger partial charge in [-0.1, -0.05) is 0 Å². The van der Waals surface area contributed by atoms with Crippen molar-refractivity contribution in [2.24, 2.45) is 0 Å². The van der Waals surface area contributed by atoms with E-state index in [0.29, 0.717) is 29.9 Å². The summed E-state index contributed by atoms with van der Waals surface area (Å²) in [5.41, 5.74) is -2.30. The largest absolute Gasteiger partial charge is 0.395 e. The minimum absolute atomic E-state index is 0.134. The summed E-state index contributed by atoms with van der Waals surface area (Å²) in [5.74, 6) is -0.669. The molecule has 13 nitrogen and oxygen atoms in total. The number of carbonyl (C=O) groups is 1. The van der Waals surface area contributed by atoms with Crippen molar-refractivity contribution in [3.63, 3.8) is 0 Å². The van der Waals surface area contributed by atoms with Gasteiger partial charge in [-0.3, -0.25) is 10.1 Å². The number of carbonyl (C=O) groups excluding carboxylic acids is 1. The summed E-state index contributed by atoms with van der Waals surface area (Å²) in [6.07, 6.45) is -0.356. The van der Waals surface area contributed by atoms with Gasteiger partial charge >= 0.3 is 0 Å². The third kappa shape index (κ3) is 6.01. The number of methoxy groups -OCH3 is 1. The highest BCUT2D eigenvalue weighted by molar-refractivity contribution is 5.99. The lowest BCUT2D eigenvalue weighted by atomic mass is 9.79. The van der Waals surface area contributed by atoms with Crippen LogP contribution in [0.1, 0.15) is 29.3 Å². The predicted octanol–water partition coefficient (Wildman–Crippen LogP) is -3.86. The Hall–Kier alpha value is -2.04. The Morgan fingerprint density at radius 3 is 1.95 bits per heavy atom.